The van der Waals surface area contributed by atoms with Crippen LogP contribution in [0.1, 0.15) is 36.1 Å². The van der Waals surface area contributed by atoms with Crippen molar-refractivity contribution in [1.82, 2.24) is 24.2 Å². The molecule has 2 aromatic heterocycles. The van der Waals surface area contributed by atoms with Crippen molar-refractivity contribution in [3.8, 4) is 0 Å². The fourth-order valence-corrected chi connectivity index (χ4v) is 4.56. The molecule has 5 rings (SSSR count). The van der Waals surface area contributed by atoms with E-state index in [1.165, 1.54) is 4.68 Å². The number of halogens is 1. The number of ether oxygens (including phenoxy) is 1. The van der Waals surface area contributed by atoms with Gasteiger partial charge in [-0.3, -0.25) is 9.36 Å². The van der Waals surface area contributed by atoms with Gasteiger partial charge in [-0.2, -0.15) is 5.10 Å². The first-order chi connectivity index (χ1) is 14.0. The van der Waals surface area contributed by atoms with Gasteiger partial charge in [0.2, 0.25) is 0 Å². The molecule has 9 heteroatoms. The van der Waals surface area contributed by atoms with Crippen LogP contribution in [-0.2, 0) is 24.4 Å². The molecular formula is C20H22ClN5O3. The van der Waals surface area contributed by atoms with E-state index in [2.05, 4.69) is 10.1 Å². The Morgan fingerprint density at radius 2 is 2.24 bits per heavy atom. The standard InChI is InChI=1S/C20H22ClN5O3/c1-2-7-26-19(28)25-12-20(29-10-17(25)23-26)6-8-24(11-20)18(27)16-9-13-14(21)4-3-5-15(13)22-16/h3-5,9,22H,2,6-8,10-12H2,1H3. The van der Waals surface area contributed by atoms with Gasteiger partial charge in [-0.25, -0.2) is 9.48 Å². The predicted octanol–water partition coefficient (Wildman–Crippen LogP) is 2.40. The molecule has 1 spiro atoms. The highest BCUT2D eigenvalue weighted by Gasteiger charge is 2.45. The fourth-order valence-electron chi connectivity index (χ4n) is 4.33. The maximum absolute atomic E-state index is 13.1. The lowest BCUT2D eigenvalue weighted by molar-refractivity contribution is -0.0816. The summed E-state index contributed by atoms with van der Waals surface area (Å²) in [5.41, 5.74) is 0.702. The molecule has 1 saturated heterocycles. The largest absolute Gasteiger partial charge is 0.363 e. The maximum Gasteiger partial charge on any atom is 0.346 e. The lowest BCUT2D eigenvalue weighted by Gasteiger charge is -2.33. The second kappa shape index (κ2) is 6.74. The van der Waals surface area contributed by atoms with Crippen molar-refractivity contribution >= 4 is 28.4 Å². The number of aromatic nitrogens is 4. The van der Waals surface area contributed by atoms with Gasteiger partial charge in [0.25, 0.3) is 5.91 Å². The van der Waals surface area contributed by atoms with Crippen LogP contribution < -0.4 is 5.69 Å². The van der Waals surface area contributed by atoms with Crippen LogP contribution in [-0.4, -0.2) is 48.8 Å². The van der Waals surface area contributed by atoms with Crippen LogP contribution in [0.15, 0.2) is 29.1 Å². The molecule has 1 N–H and O–H groups in total. The predicted molar refractivity (Wildman–Crippen MR) is 108 cm³/mol. The Balaban J connectivity index is 1.37. The first-order valence-electron chi connectivity index (χ1n) is 9.87. The van der Waals surface area contributed by atoms with E-state index >= 15 is 0 Å². The summed E-state index contributed by atoms with van der Waals surface area (Å²) in [5.74, 6) is 0.571. The average molecular weight is 416 g/mol. The molecule has 0 aliphatic carbocycles. The van der Waals surface area contributed by atoms with Gasteiger partial charge in [0.15, 0.2) is 5.82 Å². The topological polar surface area (TPSA) is 85.2 Å². The van der Waals surface area contributed by atoms with Crippen LogP contribution in [0.4, 0.5) is 0 Å². The SMILES string of the molecule is CCCn1nc2n(c1=O)CC1(CCN(C(=O)c3cc4c(Cl)cccc4[nH]3)C1)OC2. The monoisotopic (exact) mass is 415 g/mol. The number of rotatable bonds is 3. The molecule has 152 valence electrons. The lowest BCUT2D eigenvalue weighted by Crippen LogP contribution is -2.47. The van der Waals surface area contributed by atoms with E-state index in [0.717, 1.165) is 17.3 Å². The third-order valence-electron chi connectivity index (χ3n) is 5.83. The number of carbonyl (C=O) groups excluding carboxylic acids is 1. The third-order valence-corrected chi connectivity index (χ3v) is 6.16. The number of likely N-dealkylation sites (tertiary alicyclic amines) is 1. The first-order valence-corrected chi connectivity index (χ1v) is 10.2. The maximum atomic E-state index is 13.1. The van der Waals surface area contributed by atoms with Crippen LogP contribution in [0.25, 0.3) is 10.9 Å². The number of benzene rings is 1. The smallest absolute Gasteiger partial charge is 0.346 e. The lowest BCUT2D eigenvalue weighted by atomic mass is 10.0. The zero-order chi connectivity index (χ0) is 20.2. The van der Waals surface area contributed by atoms with E-state index in [4.69, 9.17) is 16.3 Å². The summed E-state index contributed by atoms with van der Waals surface area (Å²) >= 11 is 6.23. The van der Waals surface area contributed by atoms with Gasteiger partial charge in [0, 0.05) is 29.0 Å². The Hall–Kier alpha value is -2.58. The van der Waals surface area contributed by atoms with Crippen molar-refractivity contribution in [2.24, 2.45) is 0 Å². The highest BCUT2D eigenvalue weighted by Crippen LogP contribution is 2.33. The second-order valence-corrected chi connectivity index (χ2v) is 8.25. The molecule has 29 heavy (non-hydrogen) atoms. The Bertz CT molecular complexity index is 1160. The van der Waals surface area contributed by atoms with Gasteiger partial charge in [-0.05, 0) is 31.0 Å². The summed E-state index contributed by atoms with van der Waals surface area (Å²) in [4.78, 5) is 30.6. The van der Waals surface area contributed by atoms with Crippen molar-refractivity contribution in [3.05, 3.63) is 51.3 Å². The zero-order valence-electron chi connectivity index (χ0n) is 16.2. The van der Waals surface area contributed by atoms with Crippen molar-refractivity contribution in [2.45, 2.75) is 45.1 Å². The molecule has 1 unspecified atom stereocenters. The Kier molecular flexibility index (Phi) is 4.29. The molecule has 8 nitrogen and oxygen atoms in total. The number of carbonyl (C=O) groups is 1. The number of nitrogens with zero attached hydrogens (tertiary/aromatic N) is 4. The van der Waals surface area contributed by atoms with Crippen molar-refractivity contribution in [2.75, 3.05) is 13.1 Å². The van der Waals surface area contributed by atoms with Crippen LogP contribution in [0.2, 0.25) is 5.02 Å². The quantitative estimate of drug-likeness (QED) is 0.711. The molecule has 0 bridgehead atoms. The Labute approximate surface area is 172 Å². The summed E-state index contributed by atoms with van der Waals surface area (Å²) in [5, 5.41) is 5.82. The Morgan fingerprint density at radius 1 is 1.38 bits per heavy atom. The van der Waals surface area contributed by atoms with Gasteiger partial charge in [-0.1, -0.05) is 24.6 Å². The van der Waals surface area contributed by atoms with Gasteiger partial charge >= 0.3 is 5.69 Å². The molecule has 3 aromatic rings. The molecule has 1 amide bonds. The number of amides is 1. The molecule has 1 atom stereocenters. The Morgan fingerprint density at radius 3 is 3.03 bits per heavy atom. The molecule has 1 aromatic carbocycles. The second-order valence-electron chi connectivity index (χ2n) is 7.84. The number of hydrogen-bond donors (Lipinski definition) is 1. The summed E-state index contributed by atoms with van der Waals surface area (Å²) in [6.07, 6.45) is 1.53. The van der Waals surface area contributed by atoms with Crippen LogP contribution in [0.3, 0.4) is 0 Å². The minimum atomic E-state index is -0.545. The minimum Gasteiger partial charge on any atom is -0.363 e. The molecule has 2 aliphatic heterocycles. The molecule has 2 aliphatic rings. The molecule has 4 heterocycles. The van der Waals surface area contributed by atoms with Crippen molar-refractivity contribution in [1.29, 1.82) is 0 Å². The third kappa shape index (κ3) is 2.98. The van der Waals surface area contributed by atoms with Crippen molar-refractivity contribution in [3.63, 3.8) is 0 Å². The van der Waals surface area contributed by atoms with Gasteiger partial charge in [0.1, 0.15) is 17.9 Å². The van der Waals surface area contributed by atoms with Crippen molar-refractivity contribution < 1.29 is 9.53 Å². The molecule has 0 saturated carbocycles. The highest BCUT2D eigenvalue weighted by atomic mass is 35.5. The van der Waals surface area contributed by atoms with E-state index in [0.29, 0.717) is 49.1 Å². The van der Waals surface area contributed by atoms with E-state index in [1.807, 2.05) is 19.1 Å². The number of hydrogen-bond acceptors (Lipinski definition) is 4. The molecule has 1 fully saturated rings. The number of aromatic amines is 1. The van der Waals surface area contributed by atoms with Gasteiger partial charge < -0.3 is 14.6 Å². The summed E-state index contributed by atoms with van der Waals surface area (Å²) < 4.78 is 9.34. The van der Waals surface area contributed by atoms with Gasteiger partial charge in [-0.15, -0.1) is 0 Å². The number of H-pyrrole nitrogens is 1. The average Bonchev–Trinajstić information content (AvgIpc) is 3.40. The summed E-state index contributed by atoms with van der Waals surface area (Å²) in [7, 11) is 0. The summed E-state index contributed by atoms with van der Waals surface area (Å²) in [6.45, 7) is 4.35. The van der Waals surface area contributed by atoms with E-state index in [9.17, 15) is 9.59 Å². The zero-order valence-corrected chi connectivity index (χ0v) is 16.9. The first kappa shape index (κ1) is 18.4. The molecular weight excluding hydrogens is 394 g/mol. The minimum absolute atomic E-state index is 0.0856. The van der Waals surface area contributed by atoms with Crippen LogP contribution >= 0.6 is 11.6 Å². The van der Waals surface area contributed by atoms with E-state index < -0.39 is 5.60 Å². The highest BCUT2D eigenvalue weighted by molar-refractivity contribution is 6.35. The van der Waals surface area contributed by atoms with E-state index in [-0.39, 0.29) is 18.2 Å². The van der Waals surface area contributed by atoms with E-state index in [1.54, 1.807) is 21.6 Å². The normalized spacial score (nSPS) is 21.2. The molecule has 0 radical (unpaired) electrons. The van der Waals surface area contributed by atoms with Gasteiger partial charge in [0.05, 0.1) is 13.1 Å². The number of nitrogens with one attached hydrogen (secondary N) is 1. The number of aryl methyl sites for hydroxylation is 1. The fraction of sp³-hybridized carbons (Fsp3) is 0.450. The van der Waals surface area contributed by atoms with Crippen LogP contribution in [0, 0.1) is 0 Å². The number of fused-ring (bicyclic) bond motifs is 2. The van der Waals surface area contributed by atoms with Crippen LogP contribution in [0.5, 0.6) is 0 Å². The summed E-state index contributed by atoms with van der Waals surface area (Å²) in [6, 6.07) is 7.35.